The van der Waals surface area contributed by atoms with Crippen molar-refractivity contribution >= 4 is 48.9 Å². The van der Waals surface area contributed by atoms with E-state index in [1.54, 1.807) is 23.5 Å². The third kappa shape index (κ3) is 5.15. The molecular formula is C24H23N3O3S2. The maximum atomic E-state index is 12.6. The summed E-state index contributed by atoms with van der Waals surface area (Å²) in [4.78, 5) is 17.3. The van der Waals surface area contributed by atoms with E-state index in [0.29, 0.717) is 17.8 Å². The standard InChI is InChI=1S/C24H23N3O3S2/c1-17-7-3-5-9-21(17)27(32(2,29)30)16-23(28)25-19-13-11-18(12-14-19)15-24-26-20-8-4-6-10-22(20)31-24/h3-14H,15-16H2,1-2H3,(H,25,28). The van der Waals surface area contributed by atoms with E-state index in [4.69, 9.17) is 0 Å². The van der Waals surface area contributed by atoms with E-state index in [0.717, 1.165) is 36.9 Å². The van der Waals surface area contributed by atoms with Crippen molar-refractivity contribution in [2.24, 2.45) is 0 Å². The van der Waals surface area contributed by atoms with Crippen LogP contribution in [0.4, 0.5) is 11.4 Å². The summed E-state index contributed by atoms with van der Waals surface area (Å²) in [5.41, 5.74) is 3.97. The largest absolute Gasteiger partial charge is 0.325 e. The lowest BCUT2D eigenvalue weighted by Gasteiger charge is -2.23. The Morgan fingerprint density at radius 3 is 2.38 bits per heavy atom. The molecule has 1 N–H and O–H groups in total. The van der Waals surface area contributed by atoms with E-state index in [-0.39, 0.29) is 6.54 Å². The quantitative estimate of drug-likeness (QED) is 0.433. The summed E-state index contributed by atoms with van der Waals surface area (Å²) in [7, 11) is -3.61. The molecule has 164 valence electrons. The van der Waals surface area contributed by atoms with Crippen LogP contribution < -0.4 is 9.62 Å². The number of benzene rings is 3. The highest BCUT2D eigenvalue weighted by Crippen LogP contribution is 2.25. The van der Waals surface area contributed by atoms with Crippen molar-refractivity contribution < 1.29 is 13.2 Å². The van der Waals surface area contributed by atoms with Crippen molar-refractivity contribution in [3.63, 3.8) is 0 Å². The van der Waals surface area contributed by atoms with Crippen LogP contribution in [0.1, 0.15) is 16.1 Å². The molecule has 1 heterocycles. The first-order valence-electron chi connectivity index (χ1n) is 10.1. The van der Waals surface area contributed by atoms with Crippen molar-refractivity contribution in [1.29, 1.82) is 0 Å². The third-order valence-corrected chi connectivity index (χ3v) is 7.17. The first-order chi connectivity index (χ1) is 15.3. The maximum Gasteiger partial charge on any atom is 0.245 e. The second-order valence-electron chi connectivity index (χ2n) is 7.55. The summed E-state index contributed by atoms with van der Waals surface area (Å²) in [6, 6.07) is 22.7. The molecule has 6 nitrogen and oxygen atoms in total. The molecule has 4 rings (SSSR count). The lowest BCUT2D eigenvalue weighted by molar-refractivity contribution is -0.114. The topological polar surface area (TPSA) is 79.4 Å². The number of amides is 1. The second kappa shape index (κ2) is 9.10. The van der Waals surface area contributed by atoms with E-state index in [2.05, 4.69) is 16.4 Å². The van der Waals surface area contributed by atoms with Gasteiger partial charge >= 0.3 is 0 Å². The predicted molar refractivity (Wildman–Crippen MR) is 131 cm³/mol. The molecular weight excluding hydrogens is 442 g/mol. The summed E-state index contributed by atoms with van der Waals surface area (Å²) in [6.45, 7) is 1.52. The van der Waals surface area contributed by atoms with Gasteiger partial charge in [0.05, 0.1) is 27.2 Å². The Balaban J connectivity index is 1.43. The summed E-state index contributed by atoms with van der Waals surface area (Å²) >= 11 is 1.67. The third-order valence-electron chi connectivity index (χ3n) is 5.00. The summed E-state index contributed by atoms with van der Waals surface area (Å²) in [5, 5.41) is 3.82. The van der Waals surface area contributed by atoms with Crippen molar-refractivity contribution in [2.75, 3.05) is 22.4 Å². The van der Waals surface area contributed by atoms with Crippen molar-refractivity contribution in [3.05, 3.63) is 88.9 Å². The summed E-state index contributed by atoms with van der Waals surface area (Å²) in [5.74, 6) is -0.405. The lowest BCUT2D eigenvalue weighted by atomic mass is 10.1. The second-order valence-corrected chi connectivity index (χ2v) is 10.6. The first-order valence-corrected chi connectivity index (χ1v) is 12.7. The molecule has 0 aliphatic rings. The molecule has 0 aliphatic heterocycles. The van der Waals surface area contributed by atoms with Gasteiger partial charge < -0.3 is 5.32 Å². The number of nitrogens with one attached hydrogen (secondary N) is 1. The average molecular weight is 466 g/mol. The van der Waals surface area contributed by atoms with Gasteiger partial charge in [-0.3, -0.25) is 9.10 Å². The van der Waals surface area contributed by atoms with Crippen molar-refractivity contribution in [1.82, 2.24) is 4.98 Å². The van der Waals surface area contributed by atoms with E-state index < -0.39 is 15.9 Å². The van der Waals surface area contributed by atoms with Crippen LogP contribution in [0.2, 0.25) is 0 Å². The zero-order chi connectivity index (χ0) is 22.7. The number of nitrogens with zero attached hydrogens (tertiary/aromatic N) is 2. The minimum absolute atomic E-state index is 0.295. The normalized spacial score (nSPS) is 11.4. The molecule has 0 fully saturated rings. The Kier molecular flexibility index (Phi) is 6.25. The smallest absolute Gasteiger partial charge is 0.245 e. The van der Waals surface area contributed by atoms with Crippen LogP contribution in [0, 0.1) is 6.92 Å². The number of aryl methyl sites for hydroxylation is 1. The highest BCUT2D eigenvalue weighted by Gasteiger charge is 2.22. The highest BCUT2D eigenvalue weighted by molar-refractivity contribution is 7.92. The van der Waals surface area contributed by atoms with Crippen LogP contribution in [-0.4, -0.2) is 32.1 Å². The molecule has 0 saturated heterocycles. The lowest BCUT2D eigenvalue weighted by Crippen LogP contribution is -2.37. The molecule has 0 unspecified atom stereocenters. The van der Waals surface area contributed by atoms with Gasteiger partial charge in [0, 0.05) is 12.1 Å². The number of aromatic nitrogens is 1. The maximum absolute atomic E-state index is 12.6. The number of fused-ring (bicyclic) bond motifs is 1. The SMILES string of the molecule is Cc1ccccc1N(CC(=O)Nc1ccc(Cc2nc3ccccc3s2)cc1)S(C)(=O)=O. The number of carbonyl (C=O) groups is 1. The molecule has 0 aliphatic carbocycles. The molecule has 0 atom stereocenters. The van der Waals surface area contributed by atoms with Gasteiger partial charge in [0.1, 0.15) is 6.54 Å². The van der Waals surface area contributed by atoms with E-state index in [9.17, 15) is 13.2 Å². The molecule has 1 aromatic heterocycles. The van der Waals surface area contributed by atoms with Gasteiger partial charge in [0.25, 0.3) is 0 Å². The van der Waals surface area contributed by atoms with Crippen LogP contribution in [0.25, 0.3) is 10.2 Å². The number of thiazole rings is 1. The van der Waals surface area contributed by atoms with Crippen LogP contribution in [0.3, 0.4) is 0 Å². The molecule has 0 saturated carbocycles. The molecule has 0 spiro atoms. The van der Waals surface area contributed by atoms with Crippen LogP contribution in [0.5, 0.6) is 0 Å². The Bertz CT molecular complexity index is 1330. The molecule has 4 aromatic rings. The number of carbonyl (C=O) groups excluding carboxylic acids is 1. The van der Waals surface area contributed by atoms with E-state index >= 15 is 0 Å². The zero-order valence-electron chi connectivity index (χ0n) is 17.8. The fraction of sp³-hybridized carbons (Fsp3) is 0.167. The van der Waals surface area contributed by atoms with Gasteiger partial charge in [0.15, 0.2) is 0 Å². The van der Waals surface area contributed by atoms with Gasteiger partial charge in [-0.05, 0) is 48.4 Å². The number of hydrogen-bond acceptors (Lipinski definition) is 5. The van der Waals surface area contributed by atoms with Gasteiger partial charge in [-0.15, -0.1) is 11.3 Å². The molecule has 1 amide bonds. The molecule has 3 aromatic carbocycles. The molecule has 0 radical (unpaired) electrons. The van der Waals surface area contributed by atoms with Gasteiger partial charge in [-0.1, -0.05) is 42.5 Å². The number of anilines is 2. The minimum atomic E-state index is -3.61. The fourth-order valence-electron chi connectivity index (χ4n) is 3.43. The molecule has 8 heteroatoms. The van der Waals surface area contributed by atoms with Gasteiger partial charge in [0.2, 0.25) is 15.9 Å². The summed E-state index contributed by atoms with van der Waals surface area (Å²) < 4.78 is 26.9. The fourth-order valence-corrected chi connectivity index (χ4v) is 5.35. The van der Waals surface area contributed by atoms with Crippen LogP contribution in [0.15, 0.2) is 72.8 Å². The number of hydrogen-bond donors (Lipinski definition) is 1. The number of rotatable bonds is 7. The van der Waals surface area contributed by atoms with Crippen LogP contribution >= 0.6 is 11.3 Å². The number of para-hydroxylation sites is 2. The Labute approximate surface area is 191 Å². The van der Waals surface area contributed by atoms with E-state index in [1.165, 1.54) is 0 Å². The Morgan fingerprint density at radius 1 is 1.00 bits per heavy atom. The molecule has 0 bridgehead atoms. The van der Waals surface area contributed by atoms with Gasteiger partial charge in [-0.2, -0.15) is 0 Å². The first kappa shape index (κ1) is 22.0. The summed E-state index contributed by atoms with van der Waals surface area (Å²) in [6.07, 6.45) is 1.81. The Morgan fingerprint density at radius 2 is 1.69 bits per heavy atom. The highest BCUT2D eigenvalue weighted by atomic mass is 32.2. The van der Waals surface area contributed by atoms with E-state index in [1.807, 2.05) is 61.5 Å². The van der Waals surface area contributed by atoms with Gasteiger partial charge in [-0.25, -0.2) is 13.4 Å². The van der Waals surface area contributed by atoms with Crippen LogP contribution in [-0.2, 0) is 21.2 Å². The predicted octanol–water partition coefficient (Wildman–Crippen LogP) is 4.60. The Hall–Kier alpha value is -3.23. The zero-order valence-corrected chi connectivity index (χ0v) is 19.4. The van der Waals surface area contributed by atoms with Crippen molar-refractivity contribution in [3.8, 4) is 0 Å². The number of sulfonamides is 1. The molecule has 32 heavy (non-hydrogen) atoms. The average Bonchev–Trinajstić information content (AvgIpc) is 3.16. The van der Waals surface area contributed by atoms with Crippen molar-refractivity contribution in [2.45, 2.75) is 13.3 Å². The monoisotopic (exact) mass is 465 g/mol. The minimum Gasteiger partial charge on any atom is -0.325 e.